The number of anilines is 2. The first kappa shape index (κ1) is 28.1. The van der Waals surface area contributed by atoms with Crippen LogP contribution in [-0.4, -0.2) is 40.9 Å². The first-order valence-corrected chi connectivity index (χ1v) is 12.8. The molecule has 9 nitrogen and oxygen atoms in total. The van der Waals surface area contributed by atoms with Gasteiger partial charge in [0.2, 0.25) is 11.8 Å². The molecule has 0 bridgehead atoms. The van der Waals surface area contributed by atoms with Gasteiger partial charge in [0.1, 0.15) is 5.82 Å². The lowest BCUT2D eigenvalue weighted by Gasteiger charge is -2.18. The molecule has 39 heavy (non-hydrogen) atoms. The summed E-state index contributed by atoms with van der Waals surface area (Å²) >= 11 is 12.9. The Balaban J connectivity index is 1.64. The highest BCUT2D eigenvalue weighted by Crippen LogP contribution is 2.31. The first-order chi connectivity index (χ1) is 18.5. The lowest BCUT2D eigenvalue weighted by atomic mass is 9.95. The van der Waals surface area contributed by atoms with E-state index in [1.165, 1.54) is 7.11 Å². The third kappa shape index (κ3) is 6.21. The van der Waals surface area contributed by atoms with Crippen LogP contribution in [0.15, 0.2) is 48.7 Å². The average molecular weight is 567 g/mol. The molecule has 0 radical (unpaired) electrons. The summed E-state index contributed by atoms with van der Waals surface area (Å²) in [4.78, 5) is 39.0. The Morgan fingerprint density at radius 3 is 2.49 bits per heavy atom. The molecule has 0 saturated carbocycles. The van der Waals surface area contributed by atoms with E-state index >= 15 is 0 Å². The van der Waals surface area contributed by atoms with Crippen molar-refractivity contribution in [3.05, 3.63) is 69.8 Å². The van der Waals surface area contributed by atoms with Crippen LogP contribution in [0.2, 0.25) is 10.0 Å². The quantitative estimate of drug-likeness (QED) is 0.252. The van der Waals surface area contributed by atoms with E-state index in [0.29, 0.717) is 34.3 Å². The van der Waals surface area contributed by atoms with Crippen molar-refractivity contribution in [2.24, 2.45) is 5.41 Å². The normalized spacial score (nSPS) is 11.3. The van der Waals surface area contributed by atoms with E-state index in [1.807, 2.05) is 26.8 Å². The minimum Gasteiger partial charge on any atom is -0.481 e. The molecule has 0 spiro atoms. The number of aromatic nitrogens is 3. The molecule has 0 aliphatic carbocycles. The fourth-order valence-corrected chi connectivity index (χ4v) is 4.37. The van der Waals surface area contributed by atoms with Gasteiger partial charge in [-0.1, -0.05) is 50.0 Å². The maximum absolute atomic E-state index is 13.3. The van der Waals surface area contributed by atoms with Crippen molar-refractivity contribution in [2.75, 3.05) is 24.8 Å². The highest BCUT2D eigenvalue weighted by molar-refractivity contribution is 6.40. The summed E-state index contributed by atoms with van der Waals surface area (Å²) in [5.41, 5.74) is 1.95. The van der Waals surface area contributed by atoms with E-state index in [1.54, 1.807) is 49.6 Å². The number of nitrogens with zero attached hydrogens (tertiary/aromatic N) is 3. The van der Waals surface area contributed by atoms with Crippen LogP contribution < -0.4 is 20.7 Å². The summed E-state index contributed by atoms with van der Waals surface area (Å²) in [6.45, 7) is 5.61. The maximum atomic E-state index is 13.3. The predicted octanol–water partition coefficient (Wildman–Crippen LogP) is 5.96. The van der Waals surface area contributed by atoms with Crippen molar-refractivity contribution in [2.45, 2.75) is 27.3 Å². The molecule has 2 aromatic heterocycles. The molecule has 2 amide bonds. The van der Waals surface area contributed by atoms with E-state index in [-0.39, 0.29) is 28.1 Å². The topological polar surface area (TPSA) is 118 Å². The maximum Gasteiger partial charge on any atom is 0.258 e. The van der Waals surface area contributed by atoms with E-state index < -0.39 is 11.3 Å². The SMILES string of the molecule is CNc1nc(-c2ccnc(OC)c2)nc2cc(NC(=O)c3c(Cl)ccc(CNC(=O)C(C)(C)C)c3Cl)ccc12. The van der Waals surface area contributed by atoms with Gasteiger partial charge in [-0.2, -0.15) is 0 Å². The van der Waals surface area contributed by atoms with Gasteiger partial charge in [-0.3, -0.25) is 9.59 Å². The summed E-state index contributed by atoms with van der Waals surface area (Å²) in [6.07, 6.45) is 1.62. The molecule has 2 aromatic carbocycles. The molecule has 3 N–H and O–H groups in total. The van der Waals surface area contributed by atoms with Crippen LogP contribution >= 0.6 is 23.2 Å². The van der Waals surface area contributed by atoms with E-state index in [4.69, 9.17) is 32.9 Å². The Hall–Kier alpha value is -3.95. The van der Waals surface area contributed by atoms with Crippen molar-refractivity contribution in [3.63, 3.8) is 0 Å². The van der Waals surface area contributed by atoms with Gasteiger partial charge in [0.15, 0.2) is 5.82 Å². The van der Waals surface area contributed by atoms with Gasteiger partial charge in [-0.05, 0) is 35.9 Å². The number of hydrogen-bond acceptors (Lipinski definition) is 7. The second kappa shape index (κ2) is 11.4. The predicted molar refractivity (Wildman–Crippen MR) is 155 cm³/mol. The van der Waals surface area contributed by atoms with Gasteiger partial charge in [0, 0.05) is 47.9 Å². The lowest BCUT2D eigenvalue weighted by Crippen LogP contribution is -2.34. The number of methoxy groups -OCH3 is 1. The molecule has 0 saturated heterocycles. The second-order valence-electron chi connectivity index (χ2n) is 9.75. The van der Waals surface area contributed by atoms with Crippen LogP contribution in [-0.2, 0) is 11.3 Å². The minimum atomic E-state index is -0.560. The summed E-state index contributed by atoms with van der Waals surface area (Å²) in [6, 6.07) is 12.1. The van der Waals surface area contributed by atoms with Gasteiger partial charge < -0.3 is 20.7 Å². The summed E-state index contributed by atoms with van der Waals surface area (Å²) < 4.78 is 5.22. The van der Waals surface area contributed by atoms with Crippen molar-refractivity contribution in [1.82, 2.24) is 20.3 Å². The number of nitrogens with one attached hydrogen (secondary N) is 3. The average Bonchev–Trinajstić information content (AvgIpc) is 2.91. The molecule has 0 atom stereocenters. The number of ether oxygens (including phenoxy) is 1. The number of hydrogen-bond donors (Lipinski definition) is 3. The van der Waals surface area contributed by atoms with Crippen LogP contribution in [0.25, 0.3) is 22.3 Å². The van der Waals surface area contributed by atoms with Gasteiger partial charge in [0.25, 0.3) is 5.91 Å². The number of benzene rings is 2. The zero-order valence-electron chi connectivity index (χ0n) is 22.1. The number of fused-ring (bicyclic) bond motifs is 1. The molecule has 2 heterocycles. The molecule has 4 rings (SSSR count). The summed E-state index contributed by atoms with van der Waals surface area (Å²) in [7, 11) is 3.31. The van der Waals surface area contributed by atoms with Crippen LogP contribution in [0, 0.1) is 5.41 Å². The fraction of sp³-hybridized carbons (Fsp3) is 0.250. The number of carbonyl (C=O) groups is 2. The van der Waals surface area contributed by atoms with E-state index in [2.05, 4.69) is 25.9 Å². The highest BCUT2D eigenvalue weighted by atomic mass is 35.5. The number of halogens is 2. The fourth-order valence-electron chi connectivity index (χ4n) is 3.76. The lowest BCUT2D eigenvalue weighted by molar-refractivity contribution is -0.128. The highest BCUT2D eigenvalue weighted by Gasteiger charge is 2.23. The minimum absolute atomic E-state index is 0.115. The largest absolute Gasteiger partial charge is 0.481 e. The van der Waals surface area contributed by atoms with Crippen LogP contribution in [0.4, 0.5) is 11.5 Å². The molecular weight excluding hydrogens is 539 g/mol. The molecule has 4 aromatic rings. The van der Waals surface area contributed by atoms with Gasteiger partial charge in [0.05, 0.1) is 28.2 Å². The zero-order chi connectivity index (χ0) is 28.3. The third-order valence-corrected chi connectivity index (χ3v) is 6.66. The number of carbonyl (C=O) groups excluding carboxylic acids is 2. The number of rotatable bonds is 7. The Morgan fingerprint density at radius 1 is 1.03 bits per heavy atom. The van der Waals surface area contributed by atoms with Crippen LogP contribution in [0.1, 0.15) is 36.7 Å². The van der Waals surface area contributed by atoms with Gasteiger partial charge >= 0.3 is 0 Å². The van der Waals surface area contributed by atoms with Gasteiger partial charge in [-0.25, -0.2) is 15.0 Å². The molecule has 0 aliphatic rings. The summed E-state index contributed by atoms with van der Waals surface area (Å²) in [5, 5.41) is 9.93. The molecule has 0 unspecified atom stereocenters. The molecule has 0 fully saturated rings. The monoisotopic (exact) mass is 566 g/mol. The van der Waals surface area contributed by atoms with Crippen LogP contribution in [0.5, 0.6) is 5.88 Å². The van der Waals surface area contributed by atoms with Gasteiger partial charge in [-0.15, -0.1) is 0 Å². The van der Waals surface area contributed by atoms with Crippen molar-refractivity contribution >= 4 is 57.4 Å². The molecule has 202 valence electrons. The van der Waals surface area contributed by atoms with E-state index in [9.17, 15) is 9.59 Å². The third-order valence-electron chi connectivity index (χ3n) is 5.91. The smallest absolute Gasteiger partial charge is 0.258 e. The van der Waals surface area contributed by atoms with Crippen molar-refractivity contribution < 1.29 is 14.3 Å². The molecule has 0 aliphatic heterocycles. The first-order valence-electron chi connectivity index (χ1n) is 12.1. The Kier molecular flexibility index (Phi) is 8.22. The second-order valence-corrected chi connectivity index (χ2v) is 10.5. The summed E-state index contributed by atoms with van der Waals surface area (Å²) in [5.74, 6) is 0.905. The molecular formula is C28H28Cl2N6O3. The Bertz CT molecular complexity index is 1570. The van der Waals surface area contributed by atoms with Crippen molar-refractivity contribution in [3.8, 4) is 17.3 Å². The number of pyridine rings is 1. The Morgan fingerprint density at radius 2 is 1.79 bits per heavy atom. The van der Waals surface area contributed by atoms with Crippen LogP contribution in [0.3, 0.4) is 0 Å². The molecule has 11 heteroatoms. The van der Waals surface area contributed by atoms with Crippen molar-refractivity contribution in [1.29, 1.82) is 0 Å². The Labute approximate surface area is 236 Å². The standard InChI is InChI=1S/C28H28Cl2N6O3/c1-28(2,3)27(38)33-14-16-6-9-19(29)22(23(16)30)26(37)34-17-7-8-18-20(13-17)35-24(36-25(18)31-4)15-10-11-32-21(12-15)39-5/h6-13H,14H2,1-5H3,(H,33,38)(H,34,37)(H,31,35,36). The zero-order valence-corrected chi connectivity index (χ0v) is 23.7. The number of amides is 2. The van der Waals surface area contributed by atoms with E-state index in [0.717, 1.165) is 10.9 Å².